The summed E-state index contributed by atoms with van der Waals surface area (Å²) in [6, 6.07) is 7.19. The summed E-state index contributed by atoms with van der Waals surface area (Å²) in [5, 5.41) is 5.63. The van der Waals surface area contributed by atoms with E-state index >= 15 is 0 Å². The molecule has 6 heteroatoms. The van der Waals surface area contributed by atoms with Crippen LogP contribution in [0, 0.1) is 0 Å². The van der Waals surface area contributed by atoms with Gasteiger partial charge in [0.05, 0.1) is 13.1 Å². The van der Waals surface area contributed by atoms with Crippen LogP contribution in [-0.4, -0.2) is 37.5 Å². The second-order valence-electron chi connectivity index (χ2n) is 4.65. The van der Waals surface area contributed by atoms with E-state index in [4.69, 9.17) is 0 Å². The van der Waals surface area contributed by atoms with Crippen molar-refractivity contribution in [3.63, 3.8) is 0 Å². The van der Waals surface area contributed by atoms with Gasteiger partial charge in [0.25, 0.3) is 11.8 Å². The van der Waals surface area contributed by atoms with Gasteiger partial charge in [0.1, 0.15) is 0 Å². The summed E-state index contributed by atoms with van der Waals surface area (Å²) in [4.78, 5) is 24.5. The van der Waals surface area contributed by atoms with E-state index in [0.29, 0.717) is 13.1 Å². The smallest absolute Gasteiger partial charge is 0.282 e. The maximum atomic E-state index is 12.1. The summed E-state index contributed by atoms with van der Waals surface area (Å²) in [6.07, 6.45) is 0. The first kappa shape index (κ1) is 14.0. The molecular formula is C13H17BrN3O2+. The first-order valence-electron chi connectivity index (χ1n) is 6.24. The predicted molar refractivity (Wildman–Crippen MR) is 75.9 cm³/mol. The number of carbonyl (C=O) groups excluding carboxylic acids is 2. The number of quaternary nitrogens is 1. The van der Waals surface area contributed by atoms with E-state index in [1.165, 1.54) is 0 Å². The van der Waals surface area contributed by atoms with Crippen LogP contribution in [0.5, 0.6) is 0 Å². The molecule has 3 N–H and O–H groups in total. The third kappa shape index (κ3) is 3.78. The Kier molecular flexibility index (Phi) is 4.55. The molecule has 1 aliphatic rings. The van der Waals surface area contributed by atoms with Gasteiger partial charge in [-0.1, -0.05) is 15.9 Å². The van der Waals surface area contributed by atoms with E-state index in [2.05, 4.69) is 26.6 Å². The van der Waals surface area contributed by atoms with Crippen LogP contribution in [0.4, 0.5) is 5.69 Å². The van der Waals surface area contributed by atoms with Crippen LogP contribution >= 0.6 is 15.9 Å². The molecular weight excluding hydrogens is 310 g/mol. The number of nitrogens with one attached hydrogen (secondary N) is 3. The number of rotatable bonds is 3. The van der Waals surface area contributed by atoms with E-state index in [1.54, 1.807) is 0 Å². The molecule has 102 valence electrons. The zero-order chi connectivity index (χ0) is 13.8. The zero-order valence-electron chi connectivity index (χ0n) is 10.7. The first-order chi connectivity index (χ1) is 9.06. The highest BCUT2D eigenvalue weighted by Crippen LogP contribution is 2.13. The minimum atomic E-state index is -0.241. The minimum absolute atomic E-state index is 0.00421. The van der Waals surface area contributed by atoms with Crippen molar-refractivity contribution in [2.24, 2.45) is 0 Å². The van der Waals surface area contributed by atoms with Crippen molar-refractivity contribution in [1.29, 1.82) is 0 Å². The Balaban J connectivity index is 1.95. The molecule has 1 saturated heterocycles. The van der Waals surface area contributed by atoms with Crippen molar-refractivity contribution in [2.75, 3.05) is 25.0 Å². The molecule has 0 spiro atoms. The minimum Gasteiger partial charge on any atom is -0.346 e. The van der Waals surface area contributed by atoms with Gasteiger partial charge in [0, 0.05) is 10.2 Å². The lowest BCUT2D eigenvalue weighted by molar-refractivity contribution is -0.907. The van der Waals surface area contributed by atoms with Crippen LogP contribution < -0.4 is 15.5 Å². The van der Waals surface area contributed by atoms with Gasteiger partial charge < -0.3 is 15.5 Å². The van der Waals surface area contributed by atoms with Crippen LogP contribution in [0.25, 0.3) is 0 Å². The number of piperazine rings is 1. The monoisotopic (exact) mass is 326 g/mol. The second-order valence-corrected chi connectivity index (χ2v) is 5.57. The summed E-state index contributed by atoms with van der Waals surface area (Å²) in [5.74, 6) is -0.0587. The standard InChI is InChI=1S/C13H16BrN3O2/c1-9(17-7-6-15-12(18)8-17)13(19)16-11-4-2-10(14)3-5-11/h2-5,9H,6-8H2,1H3,(H,15,18)(H,16,19)/p+1/t9-/m1/s1. The molecule has 2 atom stereocenters. The quantitative estimate of drug-likeness (QED) is 0.720. The van der Waals surface area contributed by atoms with Crippen molar-refractivity contribution in [2.45, 2.75) is 13.0 Å². The van der Waals surface area contributed by atoms with Crippen LogP contribution in [0.3, 0.4) is 0 Å². The number of hydrogen-bond donors (Lipinski definition) is 3. The van der Waals surface area contributed by atoms with Gasteiger partial charge in [-0.2, -0.15) is 0 Å². The van der Waals surface area contributed by atoms with Crippen LogP contribution in [0.1, 0.15) is 6.92 Å². The highest BCUT2D eigenvalue weighted by atomic mass is 79.9. The summed E-state index contributed by atoms with van der Waals surface area (Å²) in [7, 11) is 0. The number of amides is 2. The Morgan fingerprint density at radius 3 is 2.74 bits per heavy atom. The third-order valence-corrected chi connectivity index (χ3v) is 3.80. The van der Waals surface area contributed by atoms with Gasteiger partial charge in [0.2, 0.25) is 0 Å². The highest BCUT2D eigenvalue weighted by Gasteiger charge is 2.29. The lowest BCUT2D eigenvalue weighted by Crippen LogP contribution is -3.19. The molecule has 0 saturated carbocycles. The van der Waals surface area contributed by atoms with Gasteiger partial charge in [-0.25, -0.2) is 0 Å². The van der Waals surface area contributed by atoms with E-state index in [-0.39, 0.29) is 17.9 Å². The van der Waals surface area contributed by atoms with Gasteiger partial charge in [-0.05, 0) is 31.2 Å². The fourth-order valence-electron chi connectivity index (χ4n) is 2.06. The van der Waals surface area contributed by atoms with Crippen molar-refractivity contribution in [1.82, 2.24) is 5.32 Å². The van der Waals surface area contributed by atoms with E-state index in [0.717, 1.165) is 21.6 Å². The Morgan fingerprint density at radius 2 is 2.11 bits per heavy atom. The SMILES string of the molecule is C[C@H](C(=O)Nc1ccc(Br)cc1)[NH+]1CCNC(=O)C1. The van der Waals surface area contributed by atoms with Gasteiger partial charge in [0.15, 0.2) is 12.6 Å². The lowest BCUT2D eigenvalue weighted by atomic mass is 10.2. The molecule has 0 aliphatic carbocycles. The Hall–Kier alpha value is -1.40. The van der Waals surface area contributed by atoms with Crippen LogP contribution in [0.15, 0.2) is 28.7 Å². The molecule has 1 heterocycles. The van der Waals surface area contributed by atoms with Crippen LogP contribution in [0.2, 0.25) is 0 Å². The van der Waals surface area contributed by atoms with Crippen molar-refractivity contribution in [3.05, 3.63) is 28.7 Å². The fraction of sp³-hybridized carbons (Fsp3) is 0.385. The fourth-order valence-corrected chi connectivity index (χ4v) is 2.32. The molecule has 2 rings (SSSR count). The molecule has 1 unspecified atom stereocenters. The predicted octanol–water partition coefficient (Wildman–Crippen LogP) is -0.209. The van der Waals surface area contributed by atoms with Crippen molar-refractivity contribution < 1.29 is 14.5 Å². The zero-order valence-corrected chi connectivity index (χ0v) is 12.3. The van der Waals surface area contributed by atoms with Crippen LogP contribution in [-0.2, 0) is 9.59 Å². The summed E-state index contributed by atoms with van der Waals surface area (Å²) in [5.41, 5.74) is 0.765. The van der Waals surface area contributed by atoms with Crippen molar-refractivity contribution in [3.8, 4) is 0 Å². The molecule has 1 aromatic rings. The average Bonchev–Trinajstić information content (AvgIpc) is 2.40. The molecule has 1 aliphatic heterocycles. The number of carbonyl (C=O) groups is 2. The average molecular weight is 327 g/mol. The van der Waals surface area contributed by atoms with Gasteiger partial charge >= 0.3 is 0 Å². The number of hydrogen-bond acceptors (Lipinski definition) is 2. The van der Waals surface area contributed by atoms with Gasteiger partial charge in [-0.3, -0.25) is 9.59 Å². The molecule has 5 nitrogen and oxygen atoms in total. The highest BCUT2D eigenvalue weighted by molar-refractivity contribution is 9.10. The largest absolute Gasteiger partial charge is 0.346 e. The van der Waals surface area contributed by atoms with Gasteiger partial charge in [-0.15, -0.1) is 0 Å². The lowest BCUT2D eigenvalue weighted by Gasteiger charge is -2.28. The molecule has 1 aromatic carbocycles. The van der Waals surface area contributed by atoms with E-state index in [9.17, 15) is 9.59 Å². The Labute approximate surface area is 120 Å². The summed E-state index contributed by atoms with van der Waals surface area (Å²) in [6.45, 7) is 3.61. The first-order valence-corrected chi connectivity index (χ1v) is 7.03. The number of halogens is 1. The Bertz CT molecular complexity index is 475. The maximum absolute atomic E-state index is 12.1. The second kappa shape index (κ2) is 6.16. The number of anilines is 1. The summed E-state index contributed by atoms with van der Waals surface area (Å²) >= 11 is 3.35. The molecule has 0 bridgehead atoms. The normalized spacial score (nSPS) is 20.5. The molecule has 0 aromatic heterocycles. The molecule has 2 amide bonds. The summed E-state index contributed by atoms with van der Waals surface area (Å²) < 4.78 is 0.969. The van der Waals surface area contributed by atoms with E-state index in [1.807, 2.05) is 31.2 Å². The topological polar surface area (TPSA) is 62.6 Å². The third-order valence-electron chi connectivity index (χ3n) is 3.27. The number of benzene rings is 1. The Morgan fingerprint density at radius 1 is 1.42 bits per heavy atom. The molecule has 1 fully saturated rings. The molecule has 19 heavy (non-hydrogen) atoms. The maximum Gasteiger partial charge on any atom is 0.282 e. The molecule has 0 radical (unpaired) electrons. The van der Waals surface area contributed by atoms with E-state index < -0.39 is 0 Å². The van der Waals surface area contributed by atoms with Crippen molar-refractivity contribution >= 4 is 33.4 Å².